The number of rotatable bonds is 7. The molecule has 10 heteroatoms. The zero-order valence-electron chi connectivity index (χ0n) is 23.7. The number of nitriles is 1. The van der Waals surface area contributed by atoms with Crippen LogP contribution in [0.4, 0.5) is 17.2 Å². The molecule has 1 atom stereocenters. The number of methoxy groups -OCH3 is 2. The molecule has 0 saturated heterocycles. The van der Waals surface area contributed by atoms with Crippen molar-refractivity contribution in [2.45, 2.75) is 12.8 Å². The maximum Gasteiger partial charge on any atom is 0.355 e. The number of allylic oxidation sites excluding steroid dienone is 1. The van der Waals surface area contributed by atoms with Crippen LogP contribution >= 0.6 is 0 Å². The molecular weight excluding hydrogens is 544 g/mol. The molecule has 2 heterocycles. The van der Waals surface area contributed by atoms with Crippen molar-refractivity contribution in [2.24, 2.45) is 5.73 Å². The molecule has 0 saturated carbocycles. The predicted molar refractivity (Wildman–Crippen MR) is 161 cm³/mol. The summed E-state index contributed by atoms with van der Waals surface area (Å²) in [6.07, 6.45) is 1.64. The molecule has 0 aliphatic carbocycles. The first kappa shape index (κ1) is 28.6. The highest BCUT2D eigenvalue weighted by molar-refractivity contribution is 6.06. The monoisotopic (exact) mass is 572 g/mol. The van der Waals surface area contributed by atoms with Gasteiger partial charge in [-0.3, -0.25) is 4.90 Å². The van der Waals surface area contributed by atoms with Gasteiger partial charge in [-0.15, -0.1) is 0 Å². The van der Waals surface area contributed by atoms with E-state index in [1.54, 1.807) is 66.9 Å². The van der Waals surface area contributed by atoms with Gasteiger partial charge in [-0.25, -0.2) is 19.6 Å². The Kier molecular flexibility index (Phi) is 8.16. The first-order valence-electron chi connectivity index (χ1n) is 13.3. The van der Waals surface area contributed by atoms with Crippen LogP contribution in [0.15, 0.2) is 114 Å². The van der Waals surface area contributed by atoms with E-state index in [4.69, 9.17) is 15.2 Å². The molecule has 1 aromatic heterocycles. The minimum atomic E-state index is -0.959. The smallest absolute Gasteiger partial charge is 0.355 e. The normalized spacial score (nSPS) is 14.7. The van der Waals surface area contributed by atoms with Crippen molar-refractivity contribution in [3.63, 3.8) is 0 Å². The molecule has 4 aromatic rings. The van der Waals surface area contributed by atoms with Crippen LogP contribution in [-0.2, 0) is 19.1 Å². The van der Waals surface area contributed by atoms with Gasteiger partial charge in [0.15, 0.2) is 5.82 Å². The number of nitrogens with one attached hydrogen (secondary N) is 1. The second kappa shape index (κ2) is 12.3. The Morgan fingerprint density at radius 1 is 0.953 bits per heavy atom. The van der Waals surface area contributed by atoms with Gasteiger partial charge in [-0.2, -0.15) is 5.26 Å². The van der Waals surface area contributed by atoms with Crippen LogP contribution in [0, 0.1) is 18.3 Å². The molecule has 43 heavy (non-hydrogen) atoms. The van der Waals surface area contributed by atoms with Crippen molar-refractivity contribution < 1.29 is 19.1 Å². The Morgan fingerprint density at radius 2 is 1.67 bits per heavy atom. The van der Waals surface area contributed by atoms with Crippen LogP contribution in [0.25, 0.3) is 11.4 Å². The first-order chi connectivity index (χ1) is 20.9. The minimum absolute atomic E-state index is 0.0301. The van der Waals surface area contributed by atoms with Crippen molar-refractivity contribution in [1.29, 1.82) is 5.26 Å². The third kappa shape index (κ3) is 5.52. The molecule has 1 aliphatic rings. The molecule has 1 unspecified atom stereocenters. The van der Waals surface area contributed by atoms with Gasteiger partial charge in [0.25, 0.3) is 0 Å². The summed E-state index contributed by atoms with van der Waals surface area (Å²) in [4.78, 5) is 37.2. The molecule has 5 rings (SSSR count). The topological polar surface area (TPSA) is 143 Å². The van der Waals surface area contributed by atoms with E-state index in [-0.39, 0.29) is 22.7 Å². The fraction of sp³-hybridized carbons (Fsp3) is 0.121. The van der Waals surface area contributed by atoms with E-state index in [2.05, 4.69) is 21.4 Å². The number of hydrogen-bond donors (Lipinski definition) is 2. The van der Waals surface area contributed by atoms with Crippen LogP contribution in [0.1, 0.15) is 17.0 Å². The zero-order chi connectivity index (χ0) is 30.5. The van der Waals surface area contributed by atoms with Crippen LogP contribution < -0.4 is 16.0 Å². The summed E-state index contributed by atoms with van der Waals surface area (Å²) in [5.74, 6) is -1.62. The molecule has 214 valence electrons. The molecule has 0 radical (unpaired) electrons. The lowest BCUT2D eigenvalue weighted by atomic mass is 9.81. The Hall–Kier alpha value is -5.95. The van der Waals surface area contributed by atoms with Gasteiger partial charge in [-0.1, -0.05) is 60.7 Å². The molecule has 0 bridgehead atoms. The van der Waals surface area contributed by atoms with E-state index in [1.165, 1.54) is 19.1 Å². The van der Waals surface area contributed by atoms with E-state index in [9.17, 15) is 14.9 Å². The lowest BCUT2D eigenvalue weighted by Crippen LogP contribution is -2.40. The number of anilines is 3. The van der Waals surface area contributed by atoms with Crippen LogP contribution in [0.5, 0.6) is 0 Å². The van der Waals surface area contributed by atoms with E-state index in [0.717, 1.165) is 11.3 Å². The number of ether oxygens (including phenoxy) is 2. The standard InChI is InChI=1S/C33H28N6O4/c1-20-10-7-8-15-25(20)37-26-16-17-36-31(38-26)22-13-9-14-23(18-22)39-29(33(41)43-3)28(32(40)42-2)27(24(19-34)30(39)35)21-11-5-4-6-12-21/h4-18,27H,35H2,1-3H3,(H,36,37,38). The Morgan fingerprint density at radius 3 is 2.37 bits per heavy atom. The molecule has 0 amide bonds. The van der Waals surface area contributed by atoms with Gasteiger partial charge < -0.3 is 20.5 Å². The number of nitrogens with two attached hydrogens (primary N) is 1. The maximum atomic E-state index is 13.4. The highest BCUT2D eigenvalue weighted by Crippen LogP contribution is 2.43. The van der Waals surface area contributed by atoms with E-state index in [1.807, 2.05) is 31.2 Å². The summed E-state index contributed by atoms with van der Waals surface area (Å²) in [5, 5.41) is 13.6. The number of esters is 2. The van der Waals surface area contributed by atoms with Crippen LogP contribution in [-0.4, -0.2) is 36.1 Å². The predicted octanol–water partition coefficient (Wildman–Crippen LogP) is 5.09. The fourth-order valence-corrected chi connectivity index (χ4v) is 4.98. The Bertz CT molecular complexity index is 1810. The highest BCUT2D eigenvalue weighted by atomic mass is 16.5. The number of para-hydroxylation sites is 1. The number of aryl methyl sites for hydroxylation is 1. The van der Waals surface area contributed by atoms with Gasteiger partial charge in [-0.05, 0) is 42.3 Å². The molecule has 3 N–H and O–H groups in total. The average Bonchev–Trinajstić information content (AvgIpc) is 3.05. The van der Waals surface area contributed by atoms with E-state index < -0.39 is 17.9 Å². The number of nitrogens with zero attached hydrogens (tertiary/aromatic N) is 4. The molecule has 0 fully saturated rings. The molecular formula is C33H28N6O4. The second-order valence-corrected chi connectivity index (χ2v) is 9.59. The molecule has 10 nitrogen and oxygen atoms in total. The minimum Gasteiger partial charge on any atom is -0.466 e. The number of carbonyl (C=O) groups excluding carboxylic acids is 2. The third-order valence-electron chi connectivity index (χ3n) is 7.04. The van der Waals surface area contributed by atoms with Crippen molar-refractivity contribution in [3.05, 3.63) is 125 Å². The third-order valence-corrected chi connectivity index (χ3v) is 7.04. The van der Waals surface area contributed by atoms with Gasteiger partial charge >= 0.3 is 11.9 Å². The number of hydrogen-bond acceptors (Lipinski definition) is 10. The summed E-state index contributed by atoms with van der Waals surface area (Å²) >= 11 is 0. The summed E-state index contributed by atoms with van der Waals surface area (Å²) in [7, 11) is 2.41. The number of carbonyl (C=O) groups is 2. The summed E-state index contributed by atoms with van der Waals surface area (Å²) in [6.45, 7) is 2.00. The van der Waals surface area contributed by atoms with Gasteiger partial charge in [0, 0.05) is 23.1 Å². The van der Waals surface area contributed by atoms with Crippen LogP contribution in [0.2, 0.25) is 0 Å². The van der Waals surface area contributed by atoms with E-state index in [0.29, 0.717) is 28.5 Å². The summed E-state index contributed by atoms with van der Waals surface area (Å²) in [5.41, 5.74) is 10.0. The Labute approximate surface area is 248 Å². The molecule has 1 aliphatic heterocycles. The average molecular weight is 573 g/mol. The molecule has 3 aromatic carbocycles. The van der Waals surface area contributed by atoms with Crippen molar-refractivity contribution >= 4 is 29.1 Å². The molecule has 0 spiro atoms. The van der Waals surface area contributed by atoms with Crippen LogP contribution in [0.3, 0.4) is 0 Å². The number of aromatic nitrogens is 2. The number of benzene rings is 3. The maximum absolute atomic E-state index is 13.4. The first-order valence-corrected chi connectivity index (χ1v) is 13.3. The second-order valence-electron chi connectivity index (χ2n) is 9.59. The quantitative estimate of drug-likeness (QED) is 0.287. The summed E-state index contributed by atoms with van der Waals surface area (Å²) < 4.78 is 10.2. The van der Waals surface area contributed by atoms with Gasteiger partial charge in [0.05, 0.1) is 37.4 Å². The van der Waals surface area contributed by atoms with Crippen molar-refractivity contribution in [1.82, 2.24) is 9.97 Å². The largest absolute Gasteiger partial charge is 0.466 e. The highest BCUT2D eigenvalue weighted by Gasteiger charge is 2.43. The Balaban J connectivity index is 1.65. The lowest BCUT2D eigenvalue weighted by molar-refractivity contribution is -0.139. The summed E-state index contributed by atoms with van der Waals surface area (Å²) in [6, 6.07) is 27.6. The van der Waals surface area contributed by atoms with Crippen molar-refractivity contribution in [2.75, 3.05) is 24.4 Å². The lowest BCUT2D eigenvalue weighted by Gasteiger charge is -2.36. The van der Waals surface area contributed by atoms with Gasteiger partial charge in [0.1, 0.15) is 17.3 Å². The SMILES string of the molecule is COC(=O)C1=C(C(=O)OC)N(c2cccc(-c3nccc(Nc4ccccc4C)n3)c2)C(N)=C(C#N)C1c1ccccc1. The van der Waals surface area contributed by atoms with Crippen molar-refractivity contribution in [3.8, 4) is 17.5 Å². The fourth-order valence-electron chi connectivity index (χ4n) is 4.98. The zero-order valence-corrected chi connectivity index (χ0v) is 23.7. The van der Waals surface area contributed by atoms with E-state index >= 15 is 0 Å². The van der Waals surface area contributed by atoms with Gasteiger partial charge in [0.2, 0.25) is 0 Å².